The van der Waals surface area contributed by atoms with Crippen LogP contribution in [0.2, 0.25) is 0 Å². The van der Waals surface area contributed by atoms with Crippen molar-refractivity contribution >= 4 is 11.4 Å². The third-order valence-electron chi connectivity index (χ3n) is 1.79. The van der Waals surface area contributed by atoms with E-state index < -0.39 is 0 Å². The number of nitro groups is 1. The largest absolute Gasteiger partial charge is 0.385 e. The van der Waals surface area contributed by atoms with Crippen LogP contribution in [-0.2, 0) is 0 Å². The summed E-state index contributed by atoms with van der Waals surface area (Å²) in [4.78, 5) is 10.2. The monoisotopic (exact) mass is 180 g/mol. The summed E-state index contributed by atoms with van der Waals surface area (Å²) in [7, 11) is 0. The minimum absolute atomic E-state index is 0.165. The van der Waals surface area contributed by atoms with Gasteiger partial charge < -0.3 is 5.32 Å². The number of nitrogens with zero attached hydrogens (tertiary/aromatic N) is 1. The molecule has 0 aliphatic rings. The Kier molecular flexibility index (Phi) is 2.84. The summed E-state index contributed by atoms with van der Waals surface area (Å²) in [6.45, 7) is 4.44. The van der Waals surface area contributed by atoms with Gasteiger partial charge in [-0.05, 0) is 19.9 Å². The fraction of sp³-hybridized carbons (Fsp3) is 0.333. The molecule has 4 nitrogen and oxygen atoms in total. The molecule has 1 aromatic rings. The zero-order valence-corrected chi connectivity index (χ0v) is 7.70. The van der Waals surface area contributed by atoms with E-state index in [0.717, 1.165) is 12.2 Å². The van der Waals surface area contributed by atoms with Crippen LogP contribution in [0, 0.1) is 17.0 Å². The molecule has 0 fully saturated rings. The average Bonchev–Trinajstić information content (AvgIpc) is 2.08. The molecule has 0 bridgehead atoms. The highest BCUT2D eigenvalue weighted by Gasteiger charge is 2.09. The number of rotatable bonds is 3. The number of benzene rings is 1. The molecule has 0 amide bonds. The first kappa shape index (κ1) is 9.51. The Labute approximate surface area is 76.7 Å². The van der Waals surface area contributed by atoms with Gasteiger partial charge in [0.25, 0.3) is 5.69 Å². The van der Waals surface area contributed by atoms with E-state index in [9.17, 15) is 10.1 Å². The lowest BCUT2D eigenvalue weighted by atomic mass is 10.2. The first-order valence-corrected chi connectivity index (χ1v) is 4.14. The molecule has 0 unspecified atom stereocenters. The number of nitro benzene ring substituents is 1. The maximum atomic E-state index is 10.6. The van der Waals surface area contributed by atoms with Gasteiger partial charge in [-0.1, -0.05) is 6.07 Å². The van der Waals surface area contributed by atoms with Gasteiger partial charge in [-0.25, -0.2) is 0 Å². The smallest absolute Gasteiger partial charge is 0.274 e. The highest BCUT2D eigenvalue weighted by atomic mass is 16.6. The van der Waals surface area contributed by atoms with Crippen LogP contribution in [-0.4, -0.2) is 11.5 Å². The predicted molar refractivity (Wildman–Crippen MR) is 52.0 cm³/mol. The maximum Gasteiger partial charge on any atom is 0.274 e. The van der Waals surface area contributed by atoms with Gasteiger partial charge in [-0.15, -0.1) is 0 Å². The molecular formula is C9H12N2O2. The number of aryl methyl sites for hydroxylation is 1. The van der Waals surface area contributed by atoms with E-state index in [1.807, 2.05) is 13.0 Å². The third kappa shape index (κ3) is 2.18. The van der Waals surface area contributed by atoms with Crippen LogP contribution in [0.1, 0.15) is 12.5 Å². The average molecular weight is 180 g/mol. The number of hydrogen-bond donors (Lipinski definition) is 1. The molecule has 0 saturated heterocycles. The molecule has 0 saturated carbocycles. The maximum absolute atomic E-state index is 10.6. The second kappa shape index (κ2) is 3.89. The van der Waals surface area contributed by atoms with Gasteiger partial charge in [0.05, 0.1) is 4.92 Å². The van der Waals surface area contributed by atoms with Crippen molar-refractivity contribution in [2.45, 2.75) is 13.8 Å². The second-order valence-corrected chi connectivity index (χ2v) is 2.79. The van der Waals surface area contributed by atoms with E-state index in [1.54, 1.807) is 19.1 Å². The van der Waals surface area contributed by atoms with Crippen molar-refractivity contribution in [3.8, 4) is 0 Å². The van der Waals surface area contributed by atoms with Crippen LogP contribution in [0.4, 0.5) is 11.4 Å². The van der Waals surface area contributed by atoms with Crippen molar-refractivity contribution in [1.29, 1.82) is 0 Å². The zero-order valence-electron chi connectivity index (χ0n) is 7.70. The van der Waals surface area contributed by atoms with Crippen LogP contribution in [0.3, 0.4) is 0 Å². The first-order valence-electron chi connectivity index (χ1n) is 4.14. The third-order valence-corrected chi connectivity index (χ3v) is 1.79. The summed E-state index contributed by atoms with van der Waals surface area (Å²) in [5.41, 5.74) is 1.64. The summed E-state index contributed by atoms with van der Waals surface area (Å²) in [6.07, 6.45) is 0. The van der Waals surface area contributed by atoms with Crippen molar-refractivity contribution in [1.82, 2.24) is 0 Å². The topological polar surface area (TPSA) is 55.2 Å². The molecule has 1 aromatic carbocycles. The van der Waals surface area contributed by atoms with E-state index in [0.29, 0.717) is 5.56 Å². The summed E-state index contributed by atoms with van der Waals surface area (Å²) in [5, 5.41) is 13.6. The molecule has 13 heavy (non-hydrogen) atoms. The number of nitrogens with one attached hydrogen (secondary N) is 1. The molecular weight excluding hydrogens is 168 g/mol. The van der Waals surface area contributed by atoms with Gasteiger partial charge in [0, 0.05) is 23.9 Å². The van der Waals surface area contributed by atoms with Crippen molar-refractivity contribution in [3.05, 3.63) is 33.9 Å². The SMILES string of the molecule is CCNc1ccc(C)c([N+](=O)[O-])c1. The van der Waals surface area contributed by atoms with Crippen molar-refractivity contribution in [2.24, 2.45) is 0 Å². The fourth-order valence-corrected chi connectivity index (χ4v) is 1.12. The molecule has 0 aliphatic heterocycles. The Hall–Kier alpha value is -1.58. The molecule has 1 N–H and O–H groups in total. The summed E-state index contributed by atoms with van der Waals surface area (Å²) in [5.74, 6) is 0. The number of anilines is 1. The van der Waals surface area contributed by atoms with Crippen LogP contribution in [0.25, 0.3) is 0 Å². The Bertz CT molecular complexity index is 323. The quantitative estimate of drug-likeness (QED) is 0.573. The Balaban J connectivity index is 3.04. The van der Waals surface area contributed by atoms with E-state index in [4.69, 9.17) is 0 Å². The minimum Gasteiger partial charge on any atom is -0.385 e. The second-order valence-electron chi connectivity index (χ2n) is 2.79. The molecule has 0 radical (unpaired) electrons. The lowest BCUT2D eigenvalue weighted by Crippen LogP contribution is -1.98. The lowest BCUT2D eigenvalue weighted by molar-refractivity contribution is -0.385. The van der Waals surface area contributed by atoms with Crippen LogP contribution in [0.15, 0.2) is 18.2 Å². The van der Waals surface area contributed by atoms with Crippen LogP contribution >= 0.6 is 0 Å². The van der Waals surface area contributed by atoms with Gasteiger partial charge in [-0.3, -0.25) is 10.1 Å². The summed E-state index contributed by atoms with van der Waals surface area (Å²) in [6, 6.07) is 5.14. The first-order chi connectivity index (χ1) is 6.15. The van der Waals surface area contributed by atoms with E-state index >= 15 is 0 Å². The molecule has 0 aromatic heterocycles. The van der Waals surface area contributed by atoms with Gasteiger partial charge in [0.15, 0.2) is 0 Å². The molecule has 0 heterocycles. The van der Waals surface area contributed by atoms with Crippen molar-refractivity contribution in [3.63, 3.8) is 0 Å². The molecule has 0 aliphatic carbocycles. The normalized spacial score (nSPS) is 9.69. The van der Waals surface area contributed by atoms with Gasteiger partial charge in [0.2, 0.25) is 0 Å². The van der Waals surface area contributed by atoms with Gasteiger partial charge in [0.1, 0.15) is 0 Å². The van der Waals surface area contributed by atoms with E-state index in [-0.39, 0.29) is 10.6 Å². The minimum atomic E-state index is -0.365. The Morgan fingerprint density at radius 2 is 2.23 bits per heavy atom. The van der Waals surface area contributed by atoms with Crippen LogP contribution in [0.5, 0.6) is 0 Å². The molecule has 4 heteroatoms. The van der Waals surface area contributed by atoms with Gasteiger partial charge in [-0.2, -0.15) is 0 Å². The molecule has 70 valence electrons. The zero-order chi connectivity index (χ0) is 9.84. The molecule has 0 atom stereocenters. The summed E-state index contributed by atoms with van der Waals surface area (Å²) >= 11 is 0. The Morgan fingerprint density at radius 3 is 2.77 bits per heavy atom. The lowest BCUT2D eigenvalue weighted by Gasteiger charge is -2.03. The number of hydrogen-bond acceptors (Lipinski definition) is 3. The summed E-state index contributed by atoms with van der Waals surface area (Å²) < 4.78 is 0. The highest BCUT2D eigenvalue weighted by molar-refractivity contribution is 5.54. The molecule has 1 rings (SSSR count). The Morgan fingerprint density at radius 1 is 1.54 bits per heavy atom. The molecule has 0 spiro atoms. The van der Waals surface area contributed by atoms with Gasteiger partial charge >= 0.3 is 0 Å². The fourth-order valence-electron chi connectivity index (χ4n) is 1.12. The predicted octanol–water partition coefficient (Wildman–Crippen LogP) is 2.34. The van der Waals surface area contributed by atoms with E-state index in [1.165, 1.54) is 0 Å². The highest BCUT2D eigenvalue weighted by Crippen LogP contribution is 2.21. The van der Waals surface area contributed by atoms with Crippen molar-refractivity contribution < 1.29 is 4.92 Å². The van der Waals surface area contributed by atoms with E-state index in [2.05, 4.69) is 5.32 Å². The van der Waals surface area contributed by atoms with Crippen molar-refractivity contribution in [2.75, 3.05) is 11.9 Å². The van der Waals surface area contributed by atoms with Crippen LogP contribution < -0.4 is 5.32 Å². The standard InChI is InChI=1S/C9H12N2O2/c1-3-10-8-5-4-7(2)9(6-8)11(12)13/h4-6,10H,3H2,1-2H3.